The molecular weight excluding hydrogens is 323 g/mol. The van der Waals surface area contributed by atoms with Crippen LogP contribution in [0.5, 0.6) is 0 Å². The van der Waals surface area contributed by atoms with Crippen LogP contribution in [0.1, 0.15) is 0 Å². The molecule has 0 unspecified atom stereocenters. The number of hydrogen-bond donors (Lipinski definition) is 1. The summed E-state index contributed by atoms with van der Waals surface area (Å²) in [6, 6.07) is 4.12. The van der Waals surface area contributed by atoms with Gasteiger partial charge >= 0.3 is 0 Å². The van der Waals surface area contributed by atoms with Crippen molar-refractivity contribution >= 4 is 39.1 Å². The van der Waals surface area contributed by atoms with Crippen LogP contribution in [-0.4, -0.2) is 38.8 Å². The zero-order valence-electron chi connectivity index (χ0n) is 10.8. The molecule has 0 bridgehead atoms. The van der Waals surface area contributed by atoms with Gasteiger partial charge in [0.25, 0.3) is 0 Å². The Hall–Kier alpha value is -1.08. The highest BCUT2D eigenvalue weighted by molar-refractivity contribution is 7.89. The predicted octanol–water partition coefficient (Wildman–Crippen LogP) is 1.92. The summed E-state index contributed by atoms with van der Waals surface area (Å²) < 4.78 is 25.5. The first-order valence-electron chi connectivity index (χ1n) is 5.58. The Morgan fingerprint density at radius 1 is 1.45 bits per heavy atom. The Balaban J connectivity index is 2.95. The minimum atomic E-state index is -3.88. The topological polar surface area (TPSA) is 66.5 Å². The smallest absolute Gasteiger partial charge is 0.244 e. The third-order valence-electron chi connectivity index (χ3n) is 2.39. The van der Waals surface area contributed by atoms with E-state index >= 15 is 0 Å². The lowest BCUT2D eigenvalue weighted by Gasteiger charge is -2.17. The maximum Gasteiger partial charge on any atom is 0.244 e. The van der Waals surface area contributed by atoms with Crippen LogP contribution in [0.4, 0.5) is 0 Å². The van der Waals surface area contributed by atoms with E-state index in [1.165, 1.54) is 31.3 Å². The number of halogens is 2. The highest BCUT2D eigenvalue weighted by Crippen LogP contribution is 2.26. The van der Waals surface area contributed by atoms with Crippen LogP contribution >= 0.6 is 23.2 Å². The molecule has 1 aromatic carbocycles. The minimum Gasteiger partial charge on any atom is -0.351 e. The van der Waals surface area contributed by atoms with E-state index in [4.69, 9.17) is 23.2 Å². The molecule has 20 heavy (non-hydrogen) atoms. The first-order chi connectivity index (χ1) is 9.28. The molecule has 0 spiro atoms. The van der Waals surface area contributed by atoms with Gasteiger partial charge in [-0.3, -0.25) is 4.79 Å². The van der Waals surface area contributed by atoms with Gasteiger partial charge in [-0.25, -0.2) is 8.42 Å². The molecule has 8 heteroatoms. The van der Waals surface area contributed by atoms with E-state index in [1.807, 2.05) is 0 Å². The van der Waals surface area contributed by atoms with Crippen molar-refractivity contribution < 1.29 is 13.2 Å². The van der Waals surface area contributed by atoms with Gasteiger partial charge in [-0.2, -0.15) is 4.31 Å². The number of nitrogens with zero attached hydrogens (tertiary/aromatic N) is 1. The normalized spacial score (nSPS) is 11.4. The molecule has 0 saturated heterocycles. The van der Waals surface area contributed by atoms with Crippen molar-refractivity contribution in [3.05, 3.63) is 40.9 Å². The summed E-state index contributed by atoms with van der Waals surface area (Å²) in [5.74, 6) is -0.436. The summed E-state index contributed by atoms with van der Waals surface area (Å²) in [5.41, 5.74) is 0. The van der Waals surface area contributed by atoms with Gasteiger partial charge in [-0.1, -0.05) is 29.3 Å². The number of sulfonamides is 1. The second kappa shape index (κ2) is 7.08. The molecule has 1 aromatic rings. The summed E-state index contributed by atoms with van der Waals surface area (Å²) in [6.07, 6.45) is 1.50. The van der Waals surface area contributed by atoms with Crippen LogP contribution in [-0.2, 0) is 14.8 Å². The molecule has 0 atom stereocenters. The first-order valence-corrected chi connectivity index (χ1v) is 7.77. The van der Waals surface area contributed by atoms with Gasteiger partial charge in [0.05, 0.1) is 11.6 Å². The van der Waals surface area contributed by atoms with Gasteiger partial charge in [-0.15, -0.1) is 6.58 Å². The highest BCUT2D eigenvalue weighted by atomic mass is 35.5. The zero-order valence-corrected chi connectivity index (χ0v) is 13.1. The van der Waals surface area contributed by atoms with Crippen LogP contribution < -0.4 is 5.32 Å². The fourth-order valence-electron chi connectivity index (χ4n) is 1.37. The molecule has 5 nitrogen and oxygen atoms in total. The van der Waals surface area contributed by atoms with Crippen molar-refractivity contribution in [3.8, 4) is 0 Å². The number of rotatable bonds is 6. The number of benzene rings is 1. The van der Waals surface area contributed by atoms with Gasteiger partial charge in [0, 0.05) is 18.6 Å². The minimum absolute atomic E-state index is 0.0488. The number of carbonyl (C=O) groups excluding carboxylic acids is 1. The standard InChI is InChI=1S/C12H14Cl2N2O3S/c1-3-6-15-12(17)8-16(2)20(18,19)11-7-9(13)4-5-10(11)14/h3-5,7H,1,6,8H2,2H3,(H,15,17). The zero-order chi connectivity index (χ0) is 15.3. The summed E-state index contributed by atoms with van der Waals surface area (Å²) in [7, 11) is -2.59. The molecule has 0 saturated carbocycles. The average Bonchev–Trinajstić information content (AvgIpc) is 2.38. The quantitative estimate of drug-likeness (QED) is 0.807. The largest absolute Gasteiger partial charge is 0.351 e. The molecule has 0 heterocycles. The van der Waals surface area contributed by atoms with Crippen LogP contribution in [0.25, 0.3) is 0 Å². The van der Waals surface area contributed by atoms with E-state index in [9.17, 15) is 13.2 Å². The predicted molar refractivity (Wildman–Crippen MR) is 79.5 cm³/mol. The summed E-state index contributed by atoms with van der Waals surface area (Å²) in [5, 5.41) is 2.79. The van der Waals surface area contributed by atoms with Gasteiger partial charge in [0.15, 0.2) is 0 Å². The molecule has 1 N–H and O–H groups in total. The van der Waals surface area contributed by atoms with Crippen molar-refractivity contribution in [2.24, 2.45) is 0 Å². The Kier molecular flexibility index (Phi) is 6.01. The van der Waals surface area contributed by atoms with Crippen molar-refractivity contribution in [3.63, 3.8) is 0 Å². The SMILES string of the molecule is C=CCNC(=O)CN(C)S(=O)(=O)c1cc(Cl)ccc1Cl. The fraction of sp³-hybridized carbons (Fsp3) is 0.250. The highest BCUT2D eigenvalue weighted by Gasteiger charge is 2.25. The molecule has 0 aromatic heterocycles. The number of hydrogen-bond acceptors (Lipinski definition) is 3. The van der Waals surface area contributed by atoms with E-state index in [1.54, 1.807) is 0 Å². The first kappa shape index (κ1) is 17.0. The Morgan fingerprint density at radius 2 is 2.10 bits per heavy atom. The molecule has 110 valence electrons. The van der Waals surface area contributed by atoms with Crippen molar-refractivity contribution in [2.45, 2.75) is 4.90 Å². The molecule has 1 rings (SSSR count). The van der Waals surface area contributed by atoms with Gasteiger partial charge in [0.2, 0.25) is 15.9 Å². The molecule has 0 aliphatic heterocycles. The van der Waals surface area contributed by atoms with E-state index in [0.717, 1.165) is 4.31 Å². The molecule has 0 aliphatic carbocycles. The molecule has 0 radical (unpaired) electrons. The lowest BCUT2D eigenvalue weighted by atomic mass is 10.4. The summed E-state index contributed by atoms with van der Waals surface area (Å²) in [6.45, 7) is 3.40. The number of amides is 1. The van der Waals surface area contributed by atoms with Crippen molar-refractivity contribution in [1.29, 1.82) is 0 Å². The molecular formula is C12H14Cl2N2O3S. The van der Waals surface area contributed by atoms with E-state index in [-0.39, 0.29) is 28.0 Å². The van der Waals surface area contributed by atoms with E-state index < -0.39 is 15.9 Å². The molecule has 1 amide bonds. The maximum absolute atomic E-state index is 12.3. The van der Waals surface area contributed by atoms with Crippen LogP contribution in [0, 0.1) is 0 Å². The Labute approximate surface area is 128 Å². The van der Waals surface area contributed by atoms with Gasteiger partial charge in [0.1, 0.15) is 4.90 Å². The van der Waals surface area contributed by atoms with E-state index in [2.05, 4.69) is 11.9 Å². The Morgan fingerprint density at radius 3 is 2.70 bits per heavy atom. The summed E-state index contributed by atoms with van der Waals surface area (Å²) in [4.78, 5) is 11.4. The third-order valence-corrected chi connectivity index (χ3v) is 4.91. The summed E-state index contributed by atoms with van der Waals surface area (Å²) >= 11 is 11.6. The number of nitrogens with one attached hydrogen (secondary N) is 1. The second-order valence-electron chi connectivity index (χ2n) is 3.93. The average molecular weight is 337 g/mol. The van der Waals surface area contributed by atoms with Crippen LogP contribution in [0.15, 0.2) is 35.7 Å². The van der Waals surface area contributed by atoms with Crippen molar-refractivity contribution in [2.75, 3.05) is 20.1 Å². The Bertz CT molecular complexity index is 617. The lowest BCUT2D eigenvalue weighted by Crippen LogP contribution is -2.38. The fourth-order valence-corrected chi connectivity index (χ4v) is 3.23. The maximum atomic E-state index is 12.3. The van der Waals surface area contributed by atoms with E-state index in [0.29, 0.717) is 0 Å². The van der Waals surface area contributed by atoms with Crippen LogP contribution in [0.3, 0.4) is 0 Å². The number of carbonyl (C=O) groups is 1. The van der Waals surface area contributed by atoms with Crippen LogP contribution in [0.2, 0.25) is 10.0 Å². The third kappa shape index (κ3) is 4.21. The lowest BCUT2D eigenvalue weighted by molar-refractivity contribution is -0.120. The monoisotopic (exact) mass is 336 g/mol. The second-order valence-corrected chi connectivity index (χ2v) is 6.79. The van der Waals surface area contributed by atoms with Gasteiger partial charge < -0.3 is 5.32 Å². The van der Waals surface area contributed by atoms with Crippen molar-refractivity contribution in [1.82, 2.24) is 9.62 Å². The van der Waals surface area contributed by atoms with Gasteiger partial charge in [-0.05, 0) is 18.2 Å². The molecule has 0 aliphatic rings. The number of likely N-dealkylation sites (N-methyl/N-ethyl adjacent to an activating group) is 1. The molecule has 0 fully saturated rings.